The zero-order valence-electron chi connectivity index (χ0n) is 12.8. The molecular weight excluding hydrogens is 278 g/mol. The van der Waals surface area contributed by atoms with Crippen molar-refractivity contribution in [3.8, 4) is 11.8 Å². The molecule has 2 rings (SSSR count). The number of rotatable bonds is 3. The molecule has 0 radical (unpaired) electrons. The van der Waals surface area contributed by atoms with Crippen LogP contribution in [0.5, 0.6) is 0 Å². The van der Waals surface area contributed by atoms with Gasteiger partial charge in [-0.2, -0.15) is 0 Å². The van der Waals surface area contributed by atoms with E-state index in [0.717, 1.165) is 31.5 Å². The Bertz CT molecular complexity index is 599. The summed E-state index contributed by atoms with van der Waals surface area (Å²) in [5, 5.41) is 2.86. The van der Waals surface area contributed by atoms with Gasteiger partial charge in [0.25, 0.3) is 0 Å². The summed E-state index contributed by atoms with van der Waals surface area (Å²) in [6, 6.07) is 6.77. The molecule has 0 aromatic heterocycles. The van der Waals surface area contributed by atoms with Crippen molar-refractivity contribution >= 4 is 11.8 Å². The highest BCUT2D eigenvalue weighted by atomic mass is 16.2. The second-order valence-electron chi connectivity index (χ2n) is 5.56. The standard InChI is InChI=1S/C17H21N3O2/c1-20-11-3-5-15(12-20)17(22)19-10-2-4-13-6-8-14(9-7-13)16(18)21/h6-9,15H,3,5,10-12H2,1H3,(H2,18,21)(H,19,22). The number of hydrogen-bond donors (Lipinski definition) is 2. The molecule has 1 aliphatic heterocycles. The summed E-state index contributed by atoms with van der Waals surface area (Å²) in [5.41, 5.74) is 6.42. The van der Waals surface area contributed by atoms with Crippen molar-refractivity contribution in [3.63, 3.8) is 0 Å². The third kappa shape index (κ3) is 4.61. The molecule has 0 spiro atoms. The number of nitrogens with two attached hydrogens (primary N) is 1. The number of carbonyl (C=O) groups is 2. The van der Waals surface area contributed by atoms with Gasteiger partial charge in [-0.1, -0.05) is 11.8 Å². The Morgan fingerprint density at radius 1 is 1.36 bits per heavy atom. The van der Waals surface area contributed by atoms with Crippen LogP contribution in [0.25, 0.3) is 0 Å². The lowest BCUT2D eigenvalue weighted by molar-refractivity contribution is -0.126. The minimum atomic E-state index is -0.454. The van der Waals surface area contributed by atoms with Crippen LogP contribution in [-0.2, 0) is 4.79 Å². The number of nitrogens with zero attached hydrogens (tertiary/aromatic N) is 1. The SMILES string of the molecule is CN1CCCC(C(=O)NCC#Cc2ccc(C(N)=O)cc2)C1. The predicted octanol–water partition coefficient (Wildman–Crippen LogP) is 0.595. The summed E-state index contributed by atoms with van der Waals surface area (Å²) in [7, 11) is 2.04. The lowest BCUT2D eigenvalue weighted by Crippen LogP contribution is -2.41. The van der Waals surface area contributed by atoms with Crippen molar-refractivity contribution in [1.29, 1.82) is 0 Å². The lowest BCUT2D eigenvalue weighted by Gasteiger charge is -2.28. The van der Waals surface area contributed by atoms with Gasteiger partial charge in [0.1, 0.15) is 0 Å². The van der Waals surface area contributed by atoms with E-state index in [4.69, 9.17) is 5.73 Å². The molecule has 0 bridgehead atoms. The maximum absolute atomic E-state index is 12.0. The van der Waals surface area contributed by atoms with Crippen molar-refractivity contribution in [3.05, 3.63) is 35.4 Å². The topological polar surface area (TPSA) is 75.4 Å². The molecule has 3 N–H and O–H groups in total. The van der Waals surface area contributed by atoms with Gasteiger partial charge in [-0.3, -0.25) is 9.59 Å². The largest absolute Gasteiger partial charge is 0.366 e. The highest BCUT2D eigenvalue weighted by molar-refractivity contribution is 5.92. The van der Waals surface area contributed by atoms with E-state index < -0.39 is 5.91 Å². The first-order valence-corrected chi connectivity index (χ1v) is 7.41. The molecule has 1 heterocycles. The van der Waals surface area contributed by atoms with Gasteiger partial charge in [0.05, 0.1) is 12.5 Å². The number of hydrogen-bond acceptors (Lipinski definition) is 3. The molecule has 116 valence electrons. The molecule has 1 atom stereocenters. The molecule has 1 saturated heterocycles. The van der Waals surface area contributed by atoms with E-state index in [-0.39, 0.29) is 11.8 Å². The molecule has 2 amide bonds. The Hall–Kier alpha value is -2.32. The number of piperidine rings is 1. The van der Waals surface area contributed by atoms with Gasteiger partial charge in [0.15, 0.2) is 0 Å². The van der Waals surface area contributed by atoms with Crippen LogP contribution in [0.15, 0.2) is 24.3 Å². The molecule has 22 heavy (non-hydrogen) atoms. The maximum Gasteiger partial charge on any atom is 0.248 e. The lowest BCUT2D eigenvalue weighted by atomic mass is 9.98. The Morgan fingerprint density at radius 2 is 2.09 bits per heavy atom. The first kappa shape index (κ1) is 16.1. The van der Waals surface area contributed by atoms with Gasteiger partial charge >= 0.3 is 0 Å². The van der Waals surface area contributed by atoms with E-state index in [0.29, 0.717) is 12.1 Å². The zero-order chi connectivity index (χ0) is 15.9. The summed E-state index contributed by atoms with van der Waals surface area (Å²) >= 11 is 0. The molecule has 0 saturated carbocycles. The summed E-state index contributed by atoms with van der Waals surface area (Å²) in [4.78, 5) is 25.2. The van der Waals surface area contributed by atoms with Gasteiger partial charge in [-0.05, 0) is 50.7 Å². The number of amides is 2. The number of likely N-dealkylation sites (tertiary alicyclic amines) is 1. The van der Waals surface area contributed by atoms with Crippen LogP contribution in [-0.4, -0.2) is 43.4 Å². The van der Waals surface area contributed by atoms with Gasteiger partial charge < -0.3 is 16.0 Å². The molecular formula is C17H21N3O2. The van der Waals surface area contributed by atoms with Gasteiger partial charge in [-0.25, -0.2) is 0 Å². The van der Waals surface area contributed by atoms with Crippen molar-refractivity contribution in [2.75, 3.05) is 26.7 Å². The molecule has 1 aliphatic rings. The molecule has 1 aromatic rings. The van der Waals surface area contributed by atoms with Gasteiger partial charge in [0, 0.05) is 17.7 Å². The van der Waals surface area contributed by atoms with E-state index in [1.54, 1.807) is 24.3 Å². The van der Waals surface area contributed by atoms with Crippen LogP contribution < -0.4 is 11.1 Å². The van der Waals surface area contributed by atoms with Gasteiger partial charge in [0.2, 0.25) is 11.8 Å². The minimum absolute atomic E-state index is 0.0652. The van der Waals surface area contributed by atoms with Crippen LogP contribution in [0.3, 0.4) is 0 Å². The molecule has 1 fully saturated rings. The Kier molecular flexibility index (Phi) is 5.56. The highest BCUT2D eigenvalue weighted by Crippen LogP contribution is 2.14. The third-order valence-corrected chi connectivity index (χ3v) is 3.75. The van der Waals surface area contributed by atoms with Crippen LogP contribution in [0.4, 0.5) is 0 Å². The average Bonchev–Trinajstić information content (AvgIpc) is 2.51. The molecule has 5 nitrogen and oxygen atoms in total. The number of nitrogens with one attached hydrogen (secondary N) is 1. The zero-order valence-corrected chi connectivity index (χ0v) is 12.8. The normalized spacial score (nSPS) is 18.1. The van der Waals surface area contributed by atoms with Crippen molar-refractivity contribution < 1.29 is 9.59 Å². The fraction of sp³-hybridized carbons (Fsp3) is 0.412. The summed E-state index contributed by atoms with van der Waals surface area (Å²) in [5.74, 6) is 5.56. The van der Waals surface area contributed by atoms with E-state index in [1.165, 1.54) is 0 Å². The fourth-order valence-corrected chi connectivity index (χ4v) is 2.52. The van der Waals surface area contributed by atoms with Crippen LogP contribution >= 0.6 is 0 Å². The second kappa shape index (κ2) is 7.62. The smallest absolute Gasteiger partial charge is 0.248 e. The first-order chi connectivity index (χ1) is 10.6. The van der Waals surface area contributed by atoms with Crippen LogP contribution in [0, 0.1) is 17.8 Å². The van der Waals surface area contributed by atoms with Crippen LogP contribution in [0.1, 0.15) is 28.8 Å². The van der Waals surface area contributed by atoms with Crippen molar-refractivity contribution in [2.24, 2.45) is 11.7 Å². The number of carbonyl (C=O) groups excluding carboxylic acids is 2. The average molecular weight is 299 g/mol. The quantitative estimate of drug-likeness (QED) is 0.802. The second-order valence-corrected chi connectivity index (χ2v) is 5.56. The molecule has 1 aromatic carbocycles. The molecule has 5 heteroatoms. The van der Waals surface area contributed by atoms with Crippen molar-refractivity contribution in [2.45, 2.75) is 12.8 Å². The summed E-state index contributed by atoms with van der Waals surface area (Å²) in [6.07, 6.45) is 2.00. The Morgan fingerprint density at radius 3 is 2.73 bits per heavy atom. The van der Waals surface area contributed by atoms with Crippen molar-refractivity contribution in [1.82, 2.24) is 10.2 Å². The van der Waals surface area contributed by atoms with Crippen LogP contribution in [0.2, 0.25) is 0 Å². The van der Waals surface area contributed by atoms with E-state index in [9.17, 15) is 9.59 Å². The summed E-state index contributed by atoms with van der Waals surface area (Å²) in [6.45, 7) is 2.20. The van der Waals surface area contributed by atoms with Gasteiger partial charge in [-0.15, -0.1) is 0 Å². The molecule has 1 unspecified atom stereocenters. The number of primary amides is 1. The molecule has 0 aliphatic carbocycles. The predicted molar refractivity (Wildman–Crippen MR) is 85.1 cm³/mol. The van der Waals surface area contributed by atoms with E-state index in [1.807, 2.05) is 7.05 Å². The first-order valence-electron chi connectivity index (χ1n) is 7.41. The minimum Gasteiger partial charge on any atom is -0.366 e. The monoisotopic (exact) mass is 299 g/mol. The third-order valence-electron chi connectivity index (χ3n) is 3.75. The Labute approximate surface area is 130 Å². The summed E-state index contributed by atoms with van der Waals surface area (Å²) < 4.78 is 0. The highest BCUT2D eigenvalue weighted by Gasteiger charge is 2.23. The fourth-order valence-electron chi connectivity index (χ4n) is 2.52. The maximum atomic E-state index is 12.0. The van der Waals surface area contributed by atoms with E-state index >= 15 is 0 Å². The number of benzene rings is 1. The Balaban J connectivity index is 1.81. The van der Waals surface area contributed by atoms with E-state index in [2.05, 4.69) is 22.1 Å².